The van der Waals surface area contributed by atoms with Gasteiger partial charge in [-0.15, -0.1) is 0 Å². The number of carbonyl (C=O) groups excluding carboxylic acids is 2. The van der Waals surface area contributed by atoms with Gasteiger partial charge < -0.3 is 25.4 Å². The molecule has 2 amide bonds. The first kappa shape index (κ1) is 32.3. The molecule has 3 saturated heterocycles. The fraction of sp³-hybridized carbons (Fsp3) is 0.333. The quantitative estimate of drug-likeness (QED) is 0.207. The highest BCUT2D eigenvalue weighted by Gasteiger charge is 2.47. The van der Waals surface area contributed by atoms with Crippen LogP contribution in [0.25, 0.3) is 33.6 Å². The Kier molecular flexibility index (Phi) is 9.00. The number of ether oxygens (including phenoxy) is 2. The number of nitrogens with zero attached hydrogens (tertiary/aromatic N) is 3. The number of pyridine rings is 2. The number of aromatic nitrogens is 2. The molecule has 48 heavy (non-hydrogen) atoms. The molecule has 0 bridgehead atoms. The Balaban J connectivity index is 1.12. The van der Waals surface area contributed by atoms with E-state index >= 15 is 0 Å². The van der Waals surface area contributed by atoms with Gasteiger partial charge in [-0.25, -0.2) is 9.97 Å². The second kappa shape index (κ2) is 13.4. The van der Waals surface area contributed by atoms with Gasteiger partial charge in [0.25, 0.3) is 0 Å². The van der Waals surface area contributed by atoms with Crippen molar-refractivity contribution >= 4 is 35.0 Å². The molecule has 10 nitrogen and oxygen atoms in total. The van der Waals surface area contributed by atoms with Gasteiger partial charge in [0.2, 0.25) is 23.6 Å². The first-order valence-corrected chi connectivity index (χ1v) is 16.7. The maximum atomic E-state index is 12.0. The number of amides is 2. The van der Waals surface area contributed by atoms with Crippen LogP contribution in [-0.2, 0) is 22.7 Å². The summed E-state index contributed by atoms with van der Waals surface area (Å²) in [4.78, 5) is 35.6. The third-order valence-electron chi connectivity index (χ3n) is 9.37. The van der Waals surface area contributed by atoms with Crippen LogP contribution in [0.5, 0.6) is 11.8 Å². The number of hydrogen-bond donors (Lipinski definition) is 3. The van der Waals surface area contributed by atoms with E-state index < -0.39 is 0 Å². The van der Waals surface area contributed by atoms with Gasteiger partial charge in [0, 0.05) is 72.5 Å². The molecule has 2 aromatic carbocycles. The second-order valence-corrected chi connectivity index (χ2v) is 13.3. The van der Waals surface area contributed by atoms with Gasteiger partial charge in [-0.05, 0) is 25.0 Å². The Morgan fingerprint density at radius 2 is 1.44 bits per heavy atom. The number of benzene rings is 2. The van der Waals surface area contributed by atoms with Crippen molar-refractivity contribution in [1.82, 2.24) is 30.8 Å². The summed E-state index contributed by atoms with van der Waals surface area (Å²) in [5.74, 6) is 1.14. The lowest BCUT2D eigenvalue weighted by Crippen LogP contribution is -2.66. The van der Waals surface area contributed by atoms with Crippen LogP contribution in [-0.4, -0.2) is 72.1 Å². The minimum absolute atomic E-state index is 0.00856. The number of rotatable bonds is 10. The highest BCUT2D eigenvalue weighted by Crippen LogP contribution is 2.42. The molecule has 3 aliphatic rings. The molecule has 3 fully saturated rings. The smallest absolute Gasteiger partial charge is 0.237 e. The average molecular weight is 688 g/mol. The van der Waals surface area contributed by atoms with Crippen LogP contribution in [0.4, 0.5) is 0 Å². The Morgan fingerprint density at radius 3 is 1.98 bits per heavy atom. The third kappa shape index (κ3) is 6.21. The zero-order chi connectivity index (χ0) is 33.4. The maximum Gasteiger partial charge on any atom is 0.237 e. The molecule has 7 rings (SSSR count). The summed E-state index contributed by atoms with van der Waals surface area (Å²) in [6.45, 7) is 3.44. The van der Waals surface area contributed by atoms with Crippen molar-refractivity contribution in [2.24, 2.45) is 0 Å². The van der Waals surface area contributed by atoms with Gasteiger partial charge in [-0.1, -0.05) is 71.7 Å². The van der Waals surface area contributed by atoms with E-state index in [4.69, 9.17) is 42.6 Å². The molecule has 5 heterocycles. The van der Waals surface area contributed by atoms with E-state index in [1.54, 1.807) is 14.2 Å². The first-order valence-electron chi connectivity index (χ1n) is 16.0. The Bertz CT molecular complexity index is 1900. The van der Waals surface area contributed by atoms with E-state index in [0.29, 0.717) is 59.2 Å². The topological polar surface area (TPSA) is 118 Å². The van der Waals surface area contributed by atoms with E-state index in [9.17, 15) is 9.59 Å². The first-order chi connectivity index (χ1) is 23.3. The van der Waals surface area contributed by atoms with Crippen LogP contribution in [0, 0.1) is 0 Å². The normalized spacial score (nSPS) is 18.5. The highest BCUT2D eigenvalue weighted by atomic mass is 35.5. The van der Waals surface area contributed by atoms with Gasteiger partial charge in [-0.2, -0.15) is 0 Å². The van der Waals surface area contributed by atoms with Crippen LogP contribution in [0.3, 0.4) is 0 Å². The van der Waals surface area contributed by atoms with Crippen LogP contribution >= 0.6 is 23.2 Å². The molecular weight excluding hydrogens is 651 g/mol. The standard InChI is InChI=1S/C36H36Cl2N6O4/c1-47-34-21(17-40-29-14-16-39-33(29)46)9-11-27(41-34)25-7-3-5-23(31(25)37)24-6-4-8-26(32(24)38)28-12-10-22(35(42-28)48-2)18-44-19-36(20-44)15-13-30(45)43-36/h3-12,29,40H,13-20H2,1-2H3,(H,39,46)(H,43,45)/t29-/m0/s1. The summed E-state index contributed by atoms with van der Waals surface area (Å²) in [7, 11) is 3.20. The average Bonchev–Trinajstić information content (AvgIpc) is 3.68. The van der Waals surface area contributed by atoms with Crippen LogP contribution in [0.2, 0.25) is 10.0 Å². The summed E-state index contributed by atoms with van der Waals surface area (Å²) in [6.07, 6.45) is 2.23. The van der Waals surface area contributed by atoms with Gasteiger partial charge in [0.15, 0.2) is 0 Å². The van der Waals surface area contributed by atoms with Crippen molar-refractivity contribution in [3.63, 3.8) is 0 Å². The molecule has 4 aromatic rings. The summed E-state index contributed by atoms with van der Waals surface area (Å²) in [6, 6.07) is 19.2. The number of halogens is 2. The van der Waals surface area contributed by atoms with Crippen LogP contribution < -0.4 is 25.4 Å². The summed E-state index contributed by atoms with van der Waals surface area (Å²) in [5, 5.41) is 10.3. The molecule has 1 atom stereocenters. The lowest BCUT2D eigenvalue weighted by atomic mass is 9.88. The summed E-state index contributed by atoms with van der Waals surface area (Å²) in [5.41, 5.74) is 6.07. The Morgan fingerprint density at radius 1 is 0.854 bits per heavy atom. The third-order valence-corrected chi connectivity index (χ3v) is 10.2. The molecule has 248 valence electrons. The molecule has 0 aliphatic carbocycles. The van der Waals surface area contributed by atoms with Crippen molar-refractivity contribution in [3.05, 3.63) is 81.8 Å². The van der Waals surface area contributed by atoms with E-state index in [-0.39, 0.29) is 23.4 Å². The monoisotopic (exact) mass is 686 g/mol. The lowest BCUT2D eigenvalue weighted by molar-refractivity contribution is -0.121. The van der Waals surface area contributed by atoms with Crippen molar-refractivity contribution in [3.8, 4) is 45.4 Å². The number of methoxy groups -OCH3 is 2. The molecule has 12 heteroatoms. The minimum Gasteiger partial charge on any atom is -0.481 e. The Labute approximate surface area is 289 Å². The number of hydrogen-bond acceptors (Lipinski definition) is 8. The molecule has 2 aromatic heterocycles. The Hall–Kier alpha value is -4.22. The lowest BCUT2D eigenvalue weighted by Gasteiger charge is -2.48. The van der Waals surface area contributed by atoms with E-state index in [1.165, 1.54) is 0 Å². The van der Waals surface area contributed by atoms with Gasteiger partial charge in [0.1, 0.15) is 0 Å². The van der Waals surface area contributed by atoms with E-state index in [2.05, 4.69) is 20.9 Å². The number of nitrogens with one attached hydrogen (secondary N) is 3. The van der Waals surface area contributed by atoms with Crippen molar-refractivity contribution in [1.29, 1.82) is 0 Å². The molecule has 1 spiro atoms. The zero-order valence-electron chi connectivity index (χ0n) is 26.7. The predicted molar refractivity (Wildman–Crippen MR) is 185 cm³/mol. The molecule has 0 radical (unpaired) electrons. The largest absolute Gasteiger partial charge is 0.481 e. The predicted octanol–water partition coefficient (Wildman–Crippen LogP) is 5.24. The van der Waals surface area contributed by atoms with Crippen LogP contribution in [0.15, 0.2) is 60.7 Å². The van der Waals surface area contributed by atoms with Gasteiger partial charge in [-0.3, -0.25) is 14.5 Å². The van der Waals surface area contributed by atoms with E-state index in [0.717, 1.165) is 59.3 Å². The maximum absolute atomic E-state index is 12.0. The molecular formula is C36H36Cl2N6O4. The fourth-order valence-electron chi connectivity index (χ4n) is 6.92. The minimum atomic E-state index is -0.225. The molecule has 3 N–H and O–H groups in total. The summed E-state index contributed by atoms with van der Waals surface area (Å²) >= 11 is 14.2. The van der Waals surface area contributed by atoms with Crippen molar-refractivity contribution < 1.29 is 19.1 Å². The molecule has 0 unspecified atom stereocenters. The highest BCUT2D eigenvalue weighted by molar-refractivity contribution is 6.39. The molecule has 0 saturated carbocycles. The van der Waals surface area contributed by atoms with E-state index in [1.807, 2.05) is 60.7 Å². The van der Waals surface area contributed by atoms with Crippen molar-refractivity contribution in [2.45, 2.75) is 43.9 Å². The summed E-state index contributed by atoms with van der Waals surface area (Å²) < 4.78 is 11.3. The van der Waals surface area contributed by atoms with Crippen molar-refractivity contribution in [2.75, 3.05) is 33.9 Å². The van der Waals surface area contributed by atoms with Gasteiger partial charge in [0.05, 0.1) is 47.2 Å². The molecule has 3 aliphatic heterocycles. The fourth-order valence-corrected chi connectivity index (χ4v) is 7.57. The zero-order valence-corrected chi connectivity index (χ0v) is 28.3. The number of likely N-dealkylation sites (tertiary alicyclic amines) is 1. The van der Waals surface area contributed by atoms with Crippen LogP contribution in [0.1, 0.15) is 30.4 Å². The SMILES string of the molecule is COc1nc(-c2cccc(-c3cccc(-c4ccc(CN5CC6(CCC(=O)N6)C5)c(OC)n4)c3Cl)c2Cl)ccc1CN[C@H]1CCNC1=O. The van der Waals surface area contributed by atoms with Gasteiger partial charge >= 0.3 is 0 Å². The second-order valence-electron chi connectivity index (χ2n) is 12.6. The number of carbonyl (C=O) groups is 2.